The molecule has 140 valence electrons. The maximum atomic E-state index is 12.1. The average molecular weight is 433 g/mol. The largest absolute Gasteiger partial charge is 0.482 e. The highest BCUT2D eigenvalue weighted by Gasteiger charge is 2.25. The molecule has 0 bridgehead atoms. The van der Waals surface area contributed by atoms with Gasteiger partial charge in [0.2, 0.25) is 0 Å². The summed E-state index contributed by atoms with van der Waals surface area (Å²) in [6.07, 6.45) is -0.0254. The molecule has 2 aromatic carbocycles. The van der Waals surface area contributed by atoms with E-state index in [1.54, 1.807) is 36.4 Å². The number of para-hydroxylation sites is 3. The molecule has 7 nitrogen and oxygen atoms in total. The Kier molecular flexibility index (Phi) is 6.08. The fourth-order valence-corrected chi connectivity index (χ4v) is 2.95. The third-order valence-corrected chi connectivity index (χ3v) is 4.55. The van der Waals surface area contributed by atoms with Gasteiger partial charge < -0.3 is 19.7 Å². The van der Waals surface area contributed by atoms with Gasteiger partial charge in [0.1, 0.15) is 5.75 Å². The highest BCUT2D eigenvalue weighted by Crippen LogP contribution is 2.31. The molecule has 0 atom stereocenters. The maximum absolute atomic E-state index is 12.1. The Morgan fingerprint density at radius 1 is 1.15 bits per heavy atom. The van der Waals surface area contributed by atoms with Crippen LogP contribution < -0.4 is 15.0 Å². The molecular formula is C19H17BrN2O5. The molecule has 1 aliphatic rings. The monoisotopic (exact) mass is 432 g/mol. The number of halogens is 1. The zero-order chi connectivity index (χ0) is 19.2. The van der Waals surface area contributed by atoms with Crippen LogP contribution in [0.1, 0.15) is 6.42 Å². The average Bonchev–Trinajstić information content (AvgIpc) is 2.67. The molecule has 0 saturated heterocycles. The molecule has 0 spiro atoms. The zero-order valence-corrected chi connectivity index (χ0v) is 15.9. The Bertz CT molecular complexity index is 871. The number of carbonyl (C=O) groups is 3. The molecule has 1 aliphatic heterocycles. The number of hydrogen-bond acceptors (Lipinski definition) is 5. The Balaban J connectivity index is 1.48. The van der Waals surface area contributed by atoms with Crippen molar-refractivity contribution in [3.8, 4) is 5.75 Å². The second kappa shape index (κ2) is 8.68. The van der Waals surface area contributed by atoms with E-state index in [9.17, 15) is 14.4 Å². The summed E-state index contributed by atoms with van der Waals surface area (Å²) in [5, 5.41) is 2.65. The summed E-state index contributed by atoms with van der Waals surface area (Å²) < 4.78 is 11.1. The van der Waals surface area contributed by atoms with Crippen LogP contribution in [0.3, 0.4) is 0 Å². The van der Waals surface area contributed by atoms with Crippen molar-refractivity contribution in [1.82, 2.24) is 0 Å². The number of hydrogen-bond donors (Lipinski definition) is 1. The minimum Gasteiger partial charge on any atom is -0.482 e. The molecule has 8 heteroatoms. The van der Waals surface area contributed by atoms with Crippen molar-refractivity contribution in [2.75, 3.05) is 30.0 Å². The molecule has 2 amide bonds. The SMILES string of the molecule is O=C(COC(=O)CCN1C(=O)COc2ccccc21)Nc1ccccc1Br. The van der Waals surface area contributed by atoms with Crippen LogP contribution in [-0.2, 0) is 19.1 Å². The summed E-state index contributed by atoms with van der Waals surface area (Å²) in [6, 6.07) is 14.2. The molecule has 0 radical (unpaired) electrons. The topological polar surface area (TPSA) is 84.9 Å². The van der Waals surface area contributed by atoms with Gasteiger partial charge in [0.15, 0.2) is 13.2 Å². The van der Waals surface area contributed by atoms with Gasteiger partial charge in [0.05, 0.1) is 17.8 Å². The van der Waals surface area contributed by atoms with Crippen LogP contribution >= 0.6 is 15.9 Å². The maximum Gasteiger partial charge on any atom is 0.308 e. The fourth-order valence-electron chi connectivity index (χ4n) is 2.57. The van der Waals surface area contributed by atoms with Crippen molar-refractivity contribution in [2.45, 2.75) is 6.42 Å². The van der Waals surface area contributed by atoms with Crippen LogP contribution in [0.5, 0.6) is 5.75 Å². The van der Waals surface area contributed by atoms with Crippen molar-refractivity contribution in [3.05, 3.63) is 53.0 Å². The Labute approximate surface area is 164 Å². The van der Waals surface area contributed by atoms with Crippen molar-refractivity contribution >= 4 is 45.1 Å². The lowest BCUT2D eigenvalue weighted by Crippen LogP contribution is -2.40. The van der Waals surface area contributed by atoms with E-state index in [1.165, 1.54) is 4.90 Å². The smallest absolute Gasteiger partial charge is 0.308 e. The Morgan fingerprint density at radius 2 is 1.89 bits per heavy atom. The number of nitrogens with one attached hydrogen (secondary N) is 1. The Morgan fingerprint density at radius 3 is 2.70 bits per heavy atom. The molecular weight excluding hydrogens is 416 g/mol. The van der Waals surface area contributed by atoms with Crippen molar-refractivity contribution in [2.24, 2.45) is 0 Å². The van der Waals surface area contributed by atoms with Gasteiger partial charge >= 0.3 is 5.97 Å². The predicted molar refractivity (Wildman–Crippen MR) is 103 cm³/mol. The number of carbonyl (C=O) groups excluding carboxylic acids is 3. The summed E-state index contributed by atoms with van der Waals surface area (Å²) in [5.74, 6) is -0.636. The van der Waals surface area contributed by atoms with E-state index in [2.05, 4.69) is 21.2 Å². The summed E-state index contributed by atoms with van der Waals surface area (Å²) in [6.45, 7) is -0.307. The molecule has 0 unspecified atom stereocenters. The first-order valence-corrected chi connectivity index (χ1v) is 9.06. The van der Waals surface area contributed by atoms with Gasteiger partial charge in [0, 0.05) is 11.0 Å². The van der Waals surface area contributed by atoms with E-state index >= 15 is 0 Å². The normalized spacial score (nSPS) is 12.8. The number of rotatable bonds is 6. The van der Waals surface area contributed by atoms with Gasteiger partial charge in [-0.3, -0.25) is 14.4 Å². The van der Waals surface area contributed by atoms with Crippen LogP contribution in [0, 0.1) is 0 Å². The minimum atomic E-state index is -0.561. The van der Waals surface area contributed by atoms with E-state index in [-0.39, 0.29) is 25.5 Å². The zero-order valence-electron chi connectivity index (χ0n) is 14.3. The van der Waals surface area contributed by atoms with Crippen LogP contribution in [0.25, 0.3) is 0 Å². The summed E-state index contributed by atoms with van der Waals surface area (Å²) in [4.78, 5) is 37.4. The van der Waals surface area contributed by atoms with Gasteiger partial charge in [-0.15, -0.1) is 0 Å². The lowest BCUT2D eigenvalue weighted by atomic mass is 10.2. The molecule has 1 N–H and O–H groups in total. The molecule has 0 saturated carbocycles. The molecule has 2 aromatic rings. The van der Waals surface area contributed by atoms with Crippen LogP contribution in [-0.4, -0.2) is 37.5 Å². The van der Waals surface area contributed by atoms with E-state index in [1.807, 2.05) is 12.1 Å². The molecule has 0 aliphatic carbocycles. The van der Waals surface area contributed by atoms with Gasteiger partial charge in [-0.2, -0.15) is 0 Å². The number of amides is 2. The third kappa shape index (κ3) is 4.85. The third-order valence-electron chi connectivity index (χ3n) is 3.86. The first-order valence-electron chi connectivity index (χ1n) is 8.27. The van der Waals surface area contributed by atoms with Gasteiger partial charge in [0.25, 0.3) is 11.8 Å². The summed E-state index contributed by atoms with van der Waals surface area (Å²) in [5.41, 5.74) is 1.21. The summed E-state index contributed by atoms with van der Waals surface area (Å²) in [7, 11) is 0. The molecule has 0 fully saturated rings. The van der Waals surface area contributed by atoms with E-state index in [0.717, 1.165) is 4.47 Å². The number of anilines is 2. The number of benzene rings is 2. The lowest BCUT2D eigenvalue weighted by Gasteiger charge is -2.28. The van der Waals surface area contributed by atoms with Crippen LogP contribution in [0.2, 0.25) is 0 Å². The van der Waals surface area contributed by atoms with Gasteiger partial charge in [-0.25, -0.2) is 0 Å². The summed E-state index contributed by atoms with van der Waals surface area (Å²) >= 11 is 3.32. The quantitative estimate of drug-likeness (QED) is 0.709. The first-order chi connectivity index (χ1) is 13.0. The van der Waals surface area contributed by atoms with Gasteiger partial charge in [-0.1, -0.05) is 24.3 Å². The predicted octanol–water partition coefficient (Wildman–Crippen LogP) is 2.75. The second-order valence-corrected chi connectivity index (χ2v) is 6.59. The standard InChI is InChI=1S/C19H17BrN2O5/c20-13-5-1-2-6-14(13)21-17(23)11-27-19(25)9-10-22-15-7-3-4-8-16(15)26-12-18(22)24/h1-8H,9-12H2,(H,21,23). The van der Waals surface area contributed by atoms with Gasteiger partial charge in [-0.05, 0) is 40.2 Å². The second-order valence-electron chi connectivity index (χ2n) is 5.74. The van der Waals surface area contributed by atoms with Crippen LogP contribution in [0.15, 0.2) is 53.0 Å². The van der Waals surface area contributed by atoms with E-state index in [4.69, 9.17) is 9.47 Å². The minimum absolute atomic E-state index is 0.0254. The van der Waals surface area contributed by atoms with Crippen LogP contribution in [0.4, 0.5) is 11.4 Å². The van der Waals surface area contributed by atoms with Crippen molar-refractivity contribution < 1.29 is 23.9 Å². The molecule has 27 heavy (non-hydrogen) atoms. The number of fused-ring (bicyclic) bond motifs is 1. The highest BCUT2D eigenvalue weighted by atomic mass is 79.9. The first kappa shape index (κ1) is 18.9. The van der Waals surface area contributed by atoms with Crippen molar-refractivity contribution in [1.29, 1.82) is 0 Å². The molecule has 0 aromatic heterocycles. The number of esters is 1. The Hall–Kier alpha value is -2.87. The lowest BCUT2D eigenvalue weighted by molar-refractivity contribution is -0.147. The van der Waals surface area contributed by atoms with E-state index < -0.39 is 18.5 Å². The highest BCUT2D eigenvalue weighted by molar-refractivity contribution is 9.10. The van der Waals surface area contributed by atoms with Crippen molar-refractivity contribution in [3.63, 3.8) is 0 Å². The van der Waals surface area contributed by atoms with E-state index in [0.29, 0.717) is 17.1 Å². The molecule has 1 heterocycles. The number of ether oxygens (including phenoxy) is 2. The number of nitrogens with zero attached hydrogens (tertiary/aromatic N) is 1. The fraction of sp³-hybridized carbons (Fsp3) is 0.211. The molecule has 3 rings (SSSR count).